The molecule has 0 unspecified atom stereocenters. The Hall–Kier alpha value is -3.63. The topological polar surface area (TPSA) is 128 Å². The van der Waals surface area contributed by atoms with Gasteiger partial charge >= 0.3 is 0 Å². The Morgan fingerprint density at radius 1 is 1.24 bits per heavy atom. The predicted molar refractivity (Wildman–Crippen MR) is 95.5 cm³/mol. The molecular weight excluding hydrogens is 380 g/mol. The molecule has 11 nitrogen and oxygen atoms in total. The van der Waals surface area contributed by atoms with Crippen molar-refractivity contribution in [3.8, 4) is 17.2 Å². The molecule has 0 spiro atoms. The number of nitrogens with zero attached hydrogens (tertiary/aromatic N) is 5. The van der Waals surface area contributed by atoms with Crippen molar-refractivity contribution in [1.29, 1.82) is 0 Å². The van der Waals surface area contributed by atoms with Gasteiger partial charge < -0.3 is 23.5 Å². The summed E-state index contributed by atoms with van der Waals surface area (Å²) in [5.41, 5.74) is 0.271. The zero-order valence-electron chi connectivity index (χ0n) is 15.4. The number of carbonyl (C=O) groups excluding carboxylic acids is 1. The molecule has 5 rings (SSSR count). The number of aromatic amines is 1. The van der Waals surface area contributed by atoms with Gasteiger partial charge in [-0.05, 0) is 25.0 Å². The number of aromatic nitrogens is 5. The smallest absolute Gasteiger partial charge is 0.275 e. The summed E-state index contributed by atoms with van der Waals surface area (Å²) < 4.78 is 21.7. The first-order chi connectivity index (χ1) is 14.3. The molecule has 1 saturated heterocycles. The molecule has 3 aromatic rings. The van der Waals surface area contributed by atoms with Gasteiger partial charge in [0.25, 0.3) is 5.91 Å². The summed E-state index contributed by atoms with van der Waals surface area (Å²) >= 11 is 0. The SMILES string of the molecule is O=C(c1coc(COc2ccc3c(c2)OCO3)n1)N1CCC(c2nn[nH]n2)CC1. The Balaban J connectivity index is 1.16. The first-order valence-corrected chi connectivity index (χ1v) is 9.26. The molecule has 1 aromatic carbocycles. The number of benzene rings is 1. The highest BCUT2D eigenvalue weighted by atomic mass is 16.7. The Morgan fingerprint density at radius 3 is 2.93 bits per heavy atom. The molecule has 11 heteroatoms. The van der Waals surface area contributed by atoms with Crippen LogP contribution in [0, 0.1) is 0 Å². The quantitative estimate of drug-likeness (QED) is 0.680. The van der Waals surface area contributed by atoms with Crippen LogP contribution in [0.15, 0.2) is 28.9 Å². The number of carbonyl (C=O) groups is 1. The van der Waals surface area contributed by atoms with Crippen LogP contribution in [0.4, 0.5) is 0 Å². The lowest BCUT2D eigenvalue weighted by molar-refractivity contribution is 0.0705. The molecule has 2 aliphatic rings. The van der Waals surface area contributed by atoms with Crippen LogP contribution in [0.2, 0.25) is 0 Å². The largest absolute Gasteiger partial charge is 0.484 e. The van der Waals surface area contributed by atoms with Gasteiger partial charge in [-0.2, -0.15) is 5.21 Å². The van der Waals surface area contributed by atoms with Crippen molar-refractivity contribution in [2.24, 2.45) is 0 Å². The van der Waals surface area contributed by atoms with Gasteiger partial charge in [-0.1, -0.05) is 5.21 Å². The second-order valence-corrected chi connectivity index (χ2v) is 6.77. The molecule has 4 heterocycles. The number of oxazole rings is 1. The second-order valence-electron chi connectivity index (χ2n) is 6.77. The van der Waals surface area contributed by atoms with Gasteiger partial charge in [-0.3, -0.25) is 4.79 Å². The standard InChI is InChI=1S/C18H18N6O5/c25-18(24-5-3-11(4-6-24)17-20-22-23-21-17)13-8-27-16(19-13)9-26-12-1-2-14-15(7-12)29-10-28-14/h1-2,7-8,11H,3-6,9-10H2,(H,20,21,22,23). The molecule has 29 heavy (non-hydrogen) atoms. The summed E-state index contributed by atoms with van der Waals surface area (Å²) in [6.07, 6.45) is 2.93. The van der Waals surface area contributed by atoms with Crippen LogP contribution in [0.3, 0.4) is 0 Å². The molecule has 1 fully saturated rings. The zero-order valence-corrected chi connectivity index (χ0v) is 15.4. The van der Waals surface area contributed by atoms with Crippen molar-refractivity contribution in [2.45, 2.75) is 25.4 Å². The molecule has 2 aromatic heterocycles. The van der Waals surface area contributed by atoms with Crippen LogP contribution in [0.25, 0.3) is 0 Å². The molecule has 0 aliphatic carbocycles. The third-order valence-electron chi connectivity index (χ3n) is 4.99. The molecule has 0 radical (unpaired) electrons. The molecule has 0 saturated carbocycles. The van der Waals surface area contributed by atoms with Crippen molar-refractivity contribution in [1.82, 2.24) is 30.5 Å². The lowest BCUT2D eigenvalue weighted by atomic mass is 9.96. The van der Waals surface area contributed by atoms with E-state index in [-0.39, 0.29) is 30.9 Å². The number of hydrogen-bond donors (Lipinski definition) is 1. The summed E-state index contributed by atoms with van der Waals surface area (Å²) in [5, 5.41) is 14.1. The summed E-state index contributed by atoms with van der Waals surface area (Å²) in [7, 11) is 0. The van der Waals surface area contributed by atoms with Crippen molar-refractivity contribution < 1.29 is 23.4 Å². The number of H-pyrrole nitrogens is 1. The predicted octanol–water partition coefficient (Wildman–Crippen LogP) is 1.52. The Labute approximate surface area is 165 Å². The highest BCUT2D eigenvalue weighted by Gasteiger charge is 2.28. The van der Waals surface area contributed by atoms with Gasteiger partial charge in [-0.25, -0.2) is 4.98 Å². The van der Waals surface area contributed by atoms with Crippen molar-refractivity contribution >= 4 is 5.91 Å². The molecular formula is C18H18N6O5. The van der Waals surface area contributed by atoms with Crippen molar-refractivity contribution in [3.63, 3.8) is 0 Å². The molecule has 0 bridgehead atoms. The number of ether oxygens (including phenoxy) is 3. The Kier molecular flexibility index (Phi) is 4.47. The van der Waals surface area contributed by atoms with Crippen LogP contribution in [0.5, 0.6) is 17.2 Å². The van der Waals surface area contributed by atoms with Crippen molar-refractivity contribution in [2.75, 3.05) is 19.9 Å². The summed E-state index contributed by atoms with van der Waals surface area (Å²) in [5.74, 6) is 2.99. The second kappa shape index (κ2) is 7.41. The number of rotatable bonds is 5. The zero-order chi connectivity index (χ0) is 19.6. The normalized spacial score (nSPS) is 16.2. The van der Waals surface area contributed by atoms with E-state index in [0.717, 1.165) is 12.8 Å². The van der Waals surface area contributed by atoms with Gasteiger partial charge in [0.15, 0.2) is 29.6 Å². The fourth-order valence-corrected chi connectivity index (χ4v) is 3.43. The van der Waals surface area contributed by atoms with Crippen LogP contribution < -0.4 is 14.2 Å². The average molecular weight is 398 g/mol. The number of likely N-dealkylation sites (tertiary alicyclic amines) is 1. The van der Waals surface area contributed by atoms with E-state index in [2.05, 4.69) is 25.6 Å². The molecule has 1 amide bonds. The van der Waals surface area contributed by atoms with E-state index >= 15 is 0 Å². The number of piperidine rings is 1. The van der Waals surface area contributed by atoms with Crippen molar-refractivity contribution in [3.05, 3.63) is 41.9 Å². The number of nitrogens with one attached hydrogen (secondary N) is 1. The van der Waals surface area contributed by atoms with Gasteiger partial charge in [0.2, 0.25) is 12.7 Å². The number of hydrogen-bond acceptors (Lipinski definition) is 9. The fourth-order valence-electron chi connectivity index (χ4n) is 3.43. The van der Waals surface area contributed by atoms with Gasteiger partial charge in [0.05, 0.1) is 0 Å². The molecule has 2 aliphatic heterocycles. The van der Waals surface area contributed by atoms with Crippen LogP contribution >= 0.6 is 0 Å². The van der Waals surface area contributed by atoms with E-state index < -0.39 is 0 Å². The van der Waals surface area contributed by atoms with Crippen LogP contribution in [-0.2, 0) is 6.61 Å². The van der Waals surface area contributed by atoms with Gasteiger partial charge in [-0.15, -0.1) is 10.2 Å². The van der Waals surface area contributed by atoms with E-state index in [4.69, 9.17) is 18.6 Å². The summed E-state index contributed by atoms with van der Waals surface area (Å²) in [4.78, 5) is 18.7. The van der Waals surface area contributed by atoms with Crippen LogP contribution in [-0.4, -0.2) is 56.3 Å². The maximum Gasteiger partial charge on any atom is 0.275 e. The highest BCUT2D eigenvalue weighted by molar-refractivity contribution is 5.92. The van der Waals surface area contributed by atoms with Gasteiger partial charge in [0.1, 0.15) is 12.0 Å². The minimum Gasteiger partial charge on any atom is -0.484 e. The van der Waals surface area contributed by atoms with E-state index in [0.29, 0.717) is 42.1 Å². The fraction of sp³-hybridized carbons (Fsp3) is 0.389. The van der Waals surface area contributed by atoms with E-state index in [1.54, 1.807) is 23.1 Å². The third kappa shape index (κ3) is 3.58. The number of tetrazole rings is 1. The molecule has 0 atom stereocenters. The minimum absolute atomic E-state index is 0.104. The first kappa shape index (κ1) is 17.5. The average Bonchev–Trinajstić information content (AvgIpc) is 3.53. The lowest BCUT2D eigenvalue weighted by Gasteiger charge is -2.29. The molecule has 1 N–H and O–H groups in total. The summed E-state index contributed by atoms with van der Waals surface area (Å²) in [6, 6.07) is 5.29. The number of fused-ring (bicyclic) bond motifs is 1. The van der Waals surface area contributed by atoms with E-state index in [9.17, 15) is 4.79 Å². The van der Waals surface area contributed by atoms with Crippen LogP contribution in [0.1, 0.15) is 41.0 Å². The highest BCUT2D eigenvalue weighted by Crippen LogP contribution is 2.35. The first-order valence-electron chi connectivity index (χ1n) is 9.26. The minimum atomic E-state index is -0.158. The molecule has 150 valence electrons. The Morgan fingerprint density at radius 2 is 2.10 bits per heavy atom. The monoisotopic (exact) mass is 398 g/mol. The maximum absolute atomic E-state index is 12.7. The van der Waals surface area contributed by atoms with Gasteiger partial charge in [0, 0.05) is 25.1 Å². The van der Waals surface area contributed by atoms with E-state index in [1.165, 1.54) is 6.26 Å². The number of amides is 1. The maximum atomic E-state index is 12.7. The third-order valence-corrected chi connectivity index (χ3v) is 4.99. The Bertz CT molecular complexity index is 996. The van der Waals surface area contributed by atoms with E-state index in [1.807, 2.05) is 0 Å². The lowest BCUT2D eigenvalue weighted by Crippen LogP contribution is -2.38. The summed E-state index contributed by atoms with van der Waals surface area (Å²) in [6.45, 7) is 1.52.